The van der Waals surface area contributed by atoms with Gasteiger partial charge in [0.1, 0.15) is 13.1 Å². The van der Waals surface area contributed by atoms with E-state index < -0.39 is 35.4 Å². The molecule has 0 saturated carbocycles. The van der Waals surface area contributed by atoms with E-state index in [-0.39, 0.29) is 43.0 Å². The maximum atomic E-state index is 13.7. The highest BCUT2D eigenvalue weighted by Gasteiger charge is 2.33. The molecule has 1 aliphatic heterocycles. The van der Waals surface area contributed by atoms with Crippen molar-refractivity contribution >= 4 is 29.3 Å². The van der Waals surface area contributed by atoms with Gasteiger partial charge in [-0.1, -0.05) is 23.8 Å². The predicted molar refractivity (Wildman–Crippen MR) is 128 cm³/mol. The zero-order chi connectivity index (χ0) is 27.2. The number of hydrogen-bond acceptors (Lipinski definition) is 5. The van der Waals surface area contributed by atoms with E-state index in [0.717, 1.165) is 22.6 Å². The smallest absolute Gasteiger partial charge is 0.323 e. The molecule has 37 heavy (non-hydrogen) atoms. The number of amides is 4. The molecule has 1 saturated heterocycles. The van der Waals surface area contributed by atoms with Crippen molar-refractivity contribution in [3.8, 4) is 24.2 Å². The lowest BCUT2D eigenvalue weighted by molar-refractivity contribution is -0.144. The molecular weight excluding hydrogens is 489 g/mol. The summed E-state index contributed by atoms with van der Waals surface area (Å²) in [6, 6.07) is 7.86. The SMILES string of the molecule is C#Cc1cc(C(=O)Nc2ccc(C#CCNCC(=O)N3CC(=O)NC(=O)C3)c(C(F)(F)F)c2)ccc1C. The first-order chi connectivity index (χ1) is 17.5. The van der Waals surface area contributed by atoms with E-state index >= 15 is 0 Å². The van der Waals surface area contributed by atoms with Crippen molar-refractivity contribution < 1.29 is 32.3 Å². The molecule has 0 unspecified atom stereocenters. The summed E-state index contributed by atoms with van der Waals surface area (Å²) in [5.41, 5.74) is 0.0520. The molecule has 3 rings (SSSR count). The number of aryl methyl sites for hydroxylation is 1. The van der Waals surface area contributed by atoms with Crippen LogP contribution in [-0.4, -0.2) is 54.7 Å². The number of imide groups is 1. The maximum Gasteiger partial charge on any atom is 0.417 e. The lowest BCUT2D eigenvalue weighted by Crippen LogP contribution is -2.54. The van der Waals surface area contributed by atoms with Gasteiger partial charge in [-0.3, -0.25) is 29.8 Å². The molecule has 1 aliphatic rings. The van der Waals surface area contributed by atoms with Crippen LogP contribution in [0.4, 0.5) is 18.9 Å². The highest BCUT2D eigenvalue weighted by molar-refractivity contribution is 6.04. The van der Waals surface area contributed by atoms with Gasteiger partial charge in [0.05, 0.1) is 18.7 Å². The molecule has 11 heteroatoms. The number of alkyl halides is 3. The largest absolute Gasteiger partial charge is 0.417 e. The number of rotatable bonds is 5. The number of nitrogens with zero attached hydrogens (tertiary/aromatic N) is 1. The van der Waals surface area contributed by atoms with E-state index in [0.29, 0.717) is 5.56 Å². The van der Waals surface area contributed by atoms with Crippen LogP contribution in [0.1, 0.15) is 32.6 Å². The molecule has 0 spiro atoms. The molecule has 0 atom stereocenters. The molecule has 8 nitrogen and oxygen atoms in total. The Morgan fingerprint density at radius 3 is 2.43 bits per heavy atom. The van der Waals surface area contributed by atoms with Gasteiger partial charge in [-0.2, -0.15) is 13.2 Å². The number of nitrogens with one attached hydrogen (secondary N) is 3. The van der Waals surface area contributed by atoms with Crippen molar-refractivity contribution in [3.05, 3.63) is 64.2 Å². The van der Waals surface area contributed by atoms with Crippen LogP contribution in [-0.2, 0) is 20.6 Å². The summed E-state index contributed by atoms with van der Waals surface area (Å²) in [6.45, 7) is 0.874. The van der Waals surface area contributed by atoms with E-state index in [4.69, 9.17) is 6.42 Å². The molecule has 190 valence electrons. The third-order valence-corrected chi connectivity index (χ3v) is 5.25. The number of halogens is 3. The fraction of sp³-hybridized carbons (Fsp3) is 0.231. The zero-order valence-corrected chi connectivity index (χ0v) is 19.6. The summed E-state index contributed by atoms with van der Waals surface area (Å²) in [6.07, 6.45) is 0.665. The van der Waals surface area contributed by atoms with Crippen LogP contribution in [0.15, 0.2) is 36.4 Å². The Kier molecular flexibility index (Phi) is 8.33. The van der Waals surface area contributed by atoms with Crippen molar-refractivity contribution in [2.24, 2.45) is 0 Å². The second kappa shape index (κ2) is 11.4. The molecule has 2 aromatic rings. The van der Waals surface area contributed by atoms with E-state index in [1.807, 2.05) is 0 Å². The van der Waals surface area contributed by atoms with E-state index in [1.165, 1.54) is 18.2 Å². The highest BCUT2D eigenvalue weighted by atomic mass is 19.4. The third kappa shape index (κ3) is 7.19. The summed E-state index contributed by atoms with van der Waals surface area (Å²) >= 11 is 0. The van der Waals surface area contributed by atoms with Gasteiger partial charge in [0.15, 0.2) is 0 Å². The van der Waals surface area contributed by atoms with Crippen molar-refractivity contribution in [2.45, 2.75) is 13.1 Å². The van der Waals surface area contributed by atoms with Gasteiger partial charge >= 0.3 is 6.18 Å². The van der Waals surface area contributed by atoms with Crippen LogP contribution in [0.3, 0.4) is 0 Å². The van der Waals surface area contributed by atoms with Gasteiger partial charge < -0.3 is 10.2 Å². The fourth-order valence-corrected chi connectivity index (χ4v) is 3.38. The topological polar surface area (TPSA) is 108 Å². The van der Waals surface area contributed by atoms with Crippen LogP contribution >= 0.6 is 0 Å². The summed E-state index contributed by atoms with van der Waals surface area (Å²) in [4.78, 5) is 48.3. The van der Waals surface area contributed by atoms with Crippen molar-refractivity contribution in [1.29, 1.82) is 0 Å². The molecule has 0 radical (unpaired) electrons. The number of carbonyl (C=O) groups is 4. The minimum Gasteiger partial charge on any atom is -0.323 e. The van der Waals surface area contributed by atoms with Gasteiger partial charge in [-0.15, -0.1) is 6.42 Å². The molecule has 0 bridgehead atoms. The fourth-order valence-electron chi connectivity index (χ4n) is 3.38. The Labute approximate surface area is 210 Å². The number of piperazine rings is 1. The normalized spacial score (nSPS) is 13.2. The average Bonchev–Trinajstić information content (AvgIpc) is 2.83. The molecule has 2 aromatic carbocycles. The van der Waals surface area contributed by atoms with Gasteiger partial charge in [-0.25, -0.2) is 0 Å². The molecule has 3 N–H and O–H groups in total. The third-order valence-electron chi connectivity index (χ3n) is 5.25. The van der Waals surface area contributed by atoms with Gasteiger partial charge in [-0.05, 0) is 42.8 Å². The quantitative estimate of drug-likeness (QED) is 0.322. The summed E-state index contributed by atoms with van der Waals surface area (Å²) in [5.74, 6) is 5.03. The Bertz CT molecular complexity index is 1350. The lowest BCUT2D eigenvalue weighted by atomic mass is 10.0. The van der Waals surface area contributed by atoms with Crippen molar-refractivity contribution in [1.82, 2.24) is 15.5 Å². The lowest BCUT2D eigenvalue weighted by Gasteiger charge is -2.25. The second-order valence-corrected chi connectivity index (χ2v) is 8.01. The predicted octanol–water partition coefficient (Wildman–Crippen LogP) is 1.67. The highest BCUT2D eigenvalue weighted by Crippen LogP contribution is 2.33. The Balaban J connectivity index is 1.66. The van der Waals surface area contributed by atoms with Crippen LogP contribution < -0.4 is 16.0 Å². The molecule has 0 aromatic heterocycles. The van der Waals surface area contributed by atoms with Crippen LogP contribution in [0, 0.1) is 31.1 Å². The number of carbonyl (C=O) groups excluding carboxylic acids is 4. The van der Waals surface area contributed by atoms with Gasteiger partial charge in [0, 0.05) is 22.4 Å². The van der Waals surface area contributed by atoms with Crippen LogP contribution in [0.2, 0.25) is 0 Å². The second-order valence-electron chi connectivity index (χ2n) is 8.01. The van der Waals surface area contributed by atoms with Crippen LogP contribution in [0.5, 0.6) is 0 Å². The maximum absolute atomic E-state index is 13.7. The Hall–Kier alpha value is -4.61. The van der Waals surface area contributed by atoms with E-state index in [2.05, 4.69) is 33.7 Å². The summed E-state index contributed by atoms with van der Waals surface area (Å²) in [5, 5.41) is 7.15. The Morgan fingerprint density at radius 2 is 1.78 bits per heavy atom. The first-order valence-corrected chi connectivity index (χ1v) is 10.9. The number of hydrogen-bond donors (Lipinski definition) is 3. The molecule has 0 aliphatic carbocycles. The molecule has 1 fully saturated rings. The van der Waals surface area contributed by atoms with Crippen molar-refractivity contribution in [2.75, 3.05) is 31.5 Å². The zero-order valence-electron chi connectivity index (χ0n) is 19.6. The Morgan fingerprint density at radius 1 is 1.08 bits per heavy atom. The van der Waals surface area contributed by atoms with E-state index in [9.17, 15) is 32.3 Å². The molecular formula is C26H21F3N4O4. The minimum absolute atomic E-state index is 0.0745. The summed E-state index contributed by atoms with van der Waals surface area (Å²) < 4.78 is 41.0. The molecule has 1 heterocycles. The van der Waals surface area contributed by atoms with E-state index in [1.54, 1.807) is 13.0 Å². The monoisotopic (exact) mass is 510 g/mol. The van der Waals surface area contributed by atoms with Crippen molar-refractivity contribution in [3.63, 3.8) is 0 Å². The standard InChI is InChI=1S/C26H21F3N4O4/c1-3-17-11-19(7-6-16(17)2)25(37)31-20-9-8-18(21(12-20)26(27,28)29)5-4-10-30-13-24(36)33-14-22(34)32-23(35)15-33/h1,6-9,11-12,30H,10,13-15H2,2H3,(H,31,37)(H,32,34,35). The molecule has 4 amide bonds. The number of benzene rings is 2. The summed E-state index contributed by atoms with van der Waals surface area (Å²) in [7, 11) is 0. The average molecular weight is 510 g/mol. The number of terminal acetylenes is 1. The van der Waals surface area contributed by atoms with Crippen LogP contribution in [0.25, 0.3) is 0 Å². The van der Waals surface area contributed by atoms with Gasteiger partial charge in [0.2, 0.25) is 17.7 Å². The first kappa shape index (κ1) is 27.0. The minimum atomic E-state index is -4.74. The first-order valence-electron chi connectivity index (χ1n) is 10.9. The van der Waals surface area contributed by atoms with Gasteiger partial charge in [0.25, 0.3) is 5.91 Å². The number of anilines is 1.